The molecule has 0 saturated heterocycles. The summed E-state index contributed by atoms with van der Waals surface area (Å²) in [5.74, 6) is 1.24. The van der Waals surface area contributed by atoms with Gasteiger partial charge in [0.25, 0.3) is 0 Å². The molecule has 3 heterocycles. The first-order valence-electron chi connectivity index (χ1n) is 22.1. The largest absolute Gasteiger partial charge is 0.436 e. The number of oxazole rings is 2. The van der Waals surface area contributed by atoms with E-state index in [4.69, 9.17) is 18.8 Å². The topological polar surface area (TPSA) is 60.2 Å². The monoisotopic (exact) mass is 836 g/mol. The molecular weight excluding hydrogens is 797 g/mol. The van der Waals surface area contributed by atoms with Crippen LogP contribution in [0, 0.1) is 0 Å². The van der Waals surface area contributed by atoms with Crippen molar-refractivity contribution in [1.82, 2.24) is 14.5 Å². The summed E-state index contributed by atoms with van der Waals surface area (Å²) >= 11 is 0. The summed E-state index contributed by atoms with van der Waals surface area (Å²) < 4.78 is 14.8. The fourth-order valence-electron chi connectivity index (χ4n) is 10.0. The molecule has 1 aliphatic rings. The summed E-state index contributed by atoms with van der Waals surface area (Å²) in [5, 5.41) is 2.35. The Hall–Kier alpha value is -8.48. The summed E-state index contributed by atoms with van der Waals surface area (Å²) in [6, 6.07) is 72.9. The molecule has 0 unspecified atom stereocenters. The number of benzene rings is 9. The third-order valence-electron chi connectivity index (χ3n) is 13.3. The Labute approximate surface area is 375 Å². The van der Waals surface area contributed by atoms with Gasteiger partial charge in [-0.25, -0.2) is 9.97 Å². The SMILES string of the molecule is CC1(C)c2cc(N(c3ccc(-c4ccccc4)cc3)c3ccc(-c4nc5ccccc5o4)cc3)ccc2-c2ccc(-n3c4ccccc4c4cc(-c5nc6ccccc6o5)ccc43)cc21. The predicted octanol–water partition coefficient (Wildman–Crippen LogP) is 15.8. The number of para-hydroxylation sites is 5. The van der Waals surface area contributed by atoms with Gasteiger partial charge in [-0.05, 0) is 143 Å². The van der Waals surface area contributed by atoms with E-state index < -0.39 is 0 Å². The highest BCUT2D eigenvalue weighted by molar-refractivity contribution is 6.10. The van der Waals surface area contributed by atoms with Crippen LogP contribution in [0.4, 0.5) is 17.1 Å². The van der Waals surface area contributed by atoms with Crippen molar-refractivity contribution in [3.8, 4) is 50.8 Å². The van der Waals surface area contributed by atoms with E-state index >= 15 is 0 Å². The van der Waals surface area contributed by atoms with Crippen LogP contribution < -0.4 is 4.90 Å². The van der Waals surface area contributed by atoms with E-state index in [1.54, 1.807) is 0 Å². The first-order chi connectivity index (χ1) is 31.9. The minimum atomic E-state index is -0.283. The molecule has 1 aliphatic carbocycles. The highest BCUT2D eigenvalue weighted by Crippen LogP contribution is 2.52. The third kappa shape index (κ3) is 5.95. The number of anilines is 3. The highest BCUT2D eigenvalue weighted by Gasteiger charge is 2.36. The van der Waals surface area contributed by atoms with Crippen LogP contribution in [0.2, 0.25) is 0 Å². The van der Waals surface area contributed by atoms with E-state index in [1.165, 1.54) is 38.8 Å². The molecule has 9 aromatic carbocycles. The lowest BCUT2D eigenvalue weighted by Crippen LogP contribution is -2.17. The standard InChI is InChI=1S/C59H40N4O2/c1-59(2)49-35-43(62(41-25-20-38(21-26-41)37-12-4-3-5-13-37)42-27-22-39(23-28-42)57-60-51-15-7-10-18-55(51)64-57)29-31-45(49)46-32-30-44(36-50(46)59)63-53-17-9-6-14-47(53)48-34-40(24-33-54(48)63)58-61-52-16-8-11-19-56(52)65-58/h3-36H,1-2H3. The maximum atomic E-state index is 6.21. The van der Waals surface area contributed by atoms with Crippen LogP contribution in [0.15, 0.2) is 215 Å². The lowest BCUT2D eigenvalue weighted by atomic mass is 9.82. The summed E-state index contributed by atoms with van der Waals surface area (Å²) in [4.78, 5) is 11.9. The van der Waals surface area contributed by atoms with Gasteiger partial charge in [-0.2, -0.15) is 0 Å². The van der Waals surface area contributed by atoms with Gasteiger partial charge >= 0.3 is 0 Å². The first kappa shape index (κ1) is 37.1. The predicted molar refractivity (Wildman–Crippen MR) is 264 cm³/mol. The molecule has 0 spiro atoms. The van der Waals surface area contributed by atoms with Crippen molar-refractivity contribution >= 4 is 61.1 Å². The van der Waals surface area contributed by atoms with Crippen LogP contribution in [0.3, 0.4) is 0 Å². The smallest absolute Gasteiger partial charge is 0.227 e. The maximum absolute atomic E-state index is 6.21. The minimum absolute atomic E-state index is 0.283. The van der Waals surface area contributed by atoms with Crippen molar-refractivity contribution in [3.05, 3.63) is 217 Å². The second-order valence-electron chi connectivity index (χ2n) is 17.4. The molecule has 0 fully saturated rings. The van der Waals surface area contributed by atoms with Gasteiger partial charge in [0.15, 0.2) is 11.2 Å². The third-order valence-corrected chi connectivity index (χ3v) is 13.3. The quantitative estimate of drug-likeness (QED) is 0.160. The van der Waals surface area contributed by atoms with Gasteiger partial charge < -0.3 is 18.3 Å². The zero-order chi connectivity index (χ0) is 43.2. The van der Waals surface area contributed by atoms with Crippen molar-refractivity contribution in [2.75, 3.05) is 4.90 Å². The van der Waals surface area contributed by atoms with E-state index in [1.807, 2.05) is 48.5 Å². The molecular formula is C59H40N4O2. The molecule has 0 saturated carbocycles. The van der Waals surface area contributed by atoms with Gasteiger partial charge in [0.05, 0.1) is 11.0 Å². The number of rotatable bonds is 7. The second kappa shape index (κ2) is 14.3. The van der Waals surface area contributed by atoms with Crippen molar-refractivity contribution in [2.24, 2.45) is 0 Å². The Bertz CT molecular complexity index is 3730. The molecule has 0 bridgehead atoms. The van der Waals surface area contributed by atoms with E-state index in [0.717, 1.165) is 72.5 Å². The van der Waals surface area contributed by atoms with Crippen LogP contribution in [-0.2, 0) is 5.41 Å². The fraction of sp³-hybridized carbons (Fsp3) is 0.0508. The van der Waals surface area contributed by atoms with Gasteiger partial charge in [-0.3, -0.25) is 0 Å². The summed E-state index contributed by atoms with van der Waals surface area (Å²) in [6.45, 7) is 4.72. The molecule has 0 atom stereocenters. The minimum Gasteiger partial charge on any atom is -0.436 e. The van der Waals surface area contributed by atoms with Crippen molar-refractivity contribution in [1.29, 1.82) is 0 Å². The van der Waals surface area contributed by atoms with Crippen LogP contribution in [-0.4, -0.2) is 14.5 Å². The number of aromatic nitrogens is 3. The number of fused-ring (bicyclic) bond motifs is 8. The summed E-state index contributed by atoms with van der Waals surface area (Å²) in [7, 11) is 0. The van der Waals surface area contributed by atoms with E-state index in [-0.39, 0.29) is 5.41 Å². The van der Waals surface area contributed by atoms with E-state index in [0.29, 0.717) is 11.8 Å². The Morgan fingerprint density at radius 3 is 1.63 bits per heavy atom. The van der Waals surface area contributed by atoms with Gasteiger partial charge in [0, 0.05) is 50.1 Å². The molecule has 0 aliphatic heterocycles. The number of hydrogen-bond donors (Lipinski definition) is 0. The van der Waals surface area contributed by atoms with Gasteiger partial charge in [0.1, 0.15) is 11.0 Å². The lowest BCUT2D eigenvalue weighted by Gasteiger charge is -2.28. The molecule has 0 N–H and O–H groups in total. The van der Waals surface area contributed by atoms with E-state index in [2.05, 4.69) is 181 Å². The molecule has 308 valence electrons. The van der Waals surface area contributed by atoms with Crippen LogP contribution in [0.25, 0.3) is 94.9 Å². The summed E-state index contributed by atoms with van der Waals surface area (Å²) in [5.41, 5.74) is 19.0. The average Bonchev–Trinajstić information content (AvgIpc) is 4.13. The normalized spacial score (nSPS) is 12.9. The number of hydrogen-bond acceptors (Lipinski definition) is 5. The van der Waals surface area contributed by atoms with Gasteiger partial charge in [-0.1, -0.05) is 111 Å². The molecule has 0 radical (unpaired) electrons. The molecule has 65 heavy (non-hydrogen) atoms. The molecule has 3 aromatic heterocycles. The van der Waals surface area contributed by atoms with E-state index in [9.17, 15) is 0 Å². The zero-order valence-corrected chi connectivity index (χ0v) is 35.7. The van der Waals surface area contributed by atoms with Gasteiger partial charge in [-0.15, -0.1) is 0 Å². The summed E-state index contributed by atoms with van der Waals surface area (Å²) in [6.07, 6.45) is 0. The highest BCUT2D eigenvalue weighted by atomic mass is 16.4. The molecule has 12 aromatic rings. The Morgan fingerprint density at radius 1 is 0.415 bits per heavy atom. The average molecular weight is 837 g/mol. The van der Waals surface area contributed by atoms with Crippen LogP contribution >= 0.6 is 0 Å². The second-order valence-corrected chi connectivity index (χ2v) is 17.4. The molecule has 13 rings (SSSR count). The van der Waals surface area contributed by atoms with Gasteiger partial charge in [0.2, 0.25) is 11.8 Å². The Balaban J connectivity index is 0.894. The molecule has 0 amide bonds. The van der Waals surface area contributed by atoms with Crippen LogP contribution in [0.5, 0.6) is 0 Å². The number of nitrogens with zero attached hydrogens (tertiary/aromatic N) is 4. The molecule has 6 nitrogen and oxygen atoms in total. The maximum Gasteiger partial charge on any atom is 0.227 e. The lowest BCUT2D eigenvalue weighted by molar-refractivity contribution is 0.619. The van der Waals surface area contributed by atoms with Crippen molar-refractivity contribution in [2.45, 2.75) is 19.3 Å². The fourth-order valence-corrected chi connectivity index (χ4v) is 10.0. The molecule has 6 heteroatoms. The zero-order valence-electron chi connectivity index (χ0n) is 35.7. The first-order valence-corrected chi connectivity index (χ1v) is 22.1. The van der Waals surface area contributed by atoms with Crippen molar-refractivity contribution < 1.29 is 8.83 Å². The Morgan fingerprint density at radius 2 is 0.938 bits per heavy atom. The van der Waals surface area contributed by atoms with Crippen molar-refractivity contribution in [3.63, 3.8) is 0 Å². The Kier molecular flexibility index (Phi) is 8.15. The van der Waals surface area contributed by atoms with Crippen LogP contribution in [0.1, 0.15) is 25.0 Å².